The lowest BCUT2D eigenvalue weighted by Crippen LogP contribution is -2.24. The number of nitrogens with one attached hydrogen (secondary N) is 1. The summed E-state index contributed by atoms with van der Waals surface area (Å²) in [6.45, 7) is 1.61. The Bertz CT molecular complexity index is 911. The van der Waals surface area contributed by atoms with Crippen molar-refractivity contribution >= 4 is 22.7 Å². The Morgan fingerprint density at radius 1 is 1.08 bits per heavy atom. The molecule has 0 aliphatic heterocycles. The molecule has 1 N–H and O–H groups in total. The standard InChI is InChI=1S/C21H21NO4/c1-14(21(24)18-13-22-19-6-4-3-5-17(18)19)26-20(23)12-9-15-7-10-16(25-2)11-8-15/h3-8,10-11,13-14,22H,9,12H2,1-2H3. The Morgan fingerprint density at radius 3 is 2.54 bits per heavy atom. The average molecular weight is 351 g/mol. The topological polar surface area (TPSA) is 68.4 Å². The van der Waals surface area contributed by atoms with Crippen LogP contribution in [0.15, 0.2) is 54.7 Å². The number of methoxy groups -OCH3 is 1. The maximum Gasteiger partial charge on any atom is 0.306 e. The molecular formula is C21H21NO4. The molecule has 0 bridgehead atoms. The van der Waals surface area contributed by atoms with Gasteiger partial charge in [0.05, 0.1) is 7.11 Å². The van der Waals surface area contributed by atoms with Crippen LogP contribution >= 0.6 is 0 Å². The van der Waals surface area contributed by atoms with E-state index < -0.39 is 6.10 Å². The van der Waals surface area contributed by atoms with Gasteiger partial charge in [-0.3, -0.25) is 9.59 Å². The summed E-state index contributed by atoms with van der Waals surface area (Å²) in [5.41, 5.74) is 2.43. The van der Waals surface area contributed by atoms with Crippen LogP contribution in [0, 0.1) is 0 Å². The normalized spacial score (nSPS) is 11.9. The van der Waals surface area contributed by atoms with E-state index in [0.717, 1.165) is 22.2 Å². The molecule has 0 saturated carbocycles. The summed E-state index contributed by atoms with van der Waals surface area (Å²) in [5, 5.41) is 0.832. The predicted octanol–water partition coefficient (Wildman–Crippen LogP) is 3.92. The Hall–Kier alpha value is -3.08. The number of fused-ring (bicyclic) bond motifs is 1. The van der Waals surface area contributed by atoms with Gasteiger partial charge in [0, 0.05) is 29.1 Å². The van der Waals surface area contributed by atoms with Crippen LogP contribution in [0.2, 0.25) is 0 Å². The largest absolute Gasteiger partial charge is 0.497 e. The number of rotatable bonds is 7. The van der Waals surface area contributed by atoms with E-state index in [0.29, 0.717) is 12.0 Å². The Balaban J connectivity index is 1.57. The number of hydrogen-bond donors (Lipinski definition) is 1. The Morgan fingerprint density at radius 2 is 1.81 bits per heavy atom. The van der Waals surface area contributed by atoms with Gasteiger partial charge >= 0.3 is 5.97 Å². The SMILES string of the molecule is COc1ccc(CCC(=O)OC(C)C(=O)c2c[nH]c3ccccc23)cc1. The van der Waals surface area contributed by atoms with Gasteiger partial charge in [-0.1, -0.05) is 30.3 Å². The number of aromatic nitrogens is 1. The Labute approximate surface area is 151 Å². The molecule has 26 heavy (non-hydrogen) atoms. The molecule has 1 atom stereocenters. The zero-order chi connectivity index (χ0) is 18.5. The minimum Gasteiger partial charge on any atom is -0.497 e. The van der Waals surface area contributed by atoms with Crippen LogP contribution in [0.25, 0.3) is 10.9 Å². The molecule has 134 valence electrons. The first-order chi connectivity index (χ1) is 12.6. The third-order valence-electron chi connectivity index (χ3n) is 4.31. The molecule has 3 aromatic rings. The van der Waals surface area contributed by atoms with Gasteiger partial charge in [0.2, 0.25) is 5.78 Å². The fourth-order valence-corrected chi connectivity index (χ4v) is 2.84. The van der Waals surface area contributed by atoms with E-state index in [1.165, 1.54) is 0 Å². The van der Waals surface area contributed by atoms with Gasteiger partial charge in [-0.15, -0.1) is 0 Å². The predicted molar refractivity (Wildman–Crippen MR) is 99.5 cm³/mol. The number of aryl methyl sites for hydroxylation is 1. The molecule has 2 aromatic carbocycles. The van der Waals surface area contributed by atoms with E-state index in [9.17, 15) is 9.59 Å². The van der Waals surface area contributed by atoms with Gasteiger partial charge in [-0.05, 0) is 37.1 Å². The molecule has 0 aliphatic carbocycles. The molecule has 0 fully saturated rings. The monoisotopic (exact) mass is 351 g/mol. The van der Waals surface area contributed by atoms with E-state index >= 15 is 0 Å². The first kappa shape index (κ1) is 17.7. The molecule has 5 nitrogen and oxygen atoms in total. The number of carbonyl (C=O) groups is 2. The van der Waals surface area contributed by atoms with Crippen molar-refractivity contribution in [3.63, 3.8) is 0 Å². The first-order valence-corrected chi connectivity index (χ1v) is 8.51. The summed E-state index contributed by atoms with van der Waals surface area (Å²) in [6, 6.07) is 15.1. The molecule has 1 aromatic heterocycles. The summed E-state index contributed by atoms with van der Waals surface area (Å²) in [7, 11) is 1.61. The van der Waals surface area contributed by atoms with Crippen molar-refractivity contribution in [2.24, 2.45) is 0 Å². The highest BCUT2D eigenvalue weighted by Gasteiger charge is 2.22. The van der Waals surface area contributed by atoms with Crippen LogP contribution in [-0.2, 0) is 16.0 Å². The fraction of sp³-hybridized carbons (Fsp3) is 0.238. The second kappa shape index (κ2) is 7.87. The van der Waals surface area contributed by atoms with Crippen LogP contribution in [0.3, 0.4) is 0 Å². The fourth-order valence-electron chi connectivity index (χ4n) is 2.84. The van der Waals surface area contributed by atoms with Crippen LogP contribution in [-0.4, -0.2) is 30.0 Å². The number of H-pyrrole nitrogens is 1. The molecule has 0 saturated heterocycles. The molecule has 1 heterocycles. The molecule has 5 heteroatoms. The number of para-hydroxylation sites is 1. The van der Waals surface area contributed by atoms with E-state index in [4.69, 9.17) is 9.47 Å². The first-order valence-electron chi connectivity index (χ1n) is 8.51. The number of hydrogen-bond acceptors (Lipinski definition) is 4. The number of carbonyl (C=O) groups excluding carboxylic acids is 2. The quantitative estimate of drug-likeness (QED) is 0.517. The van der Waals surface area contributed by atoms with Crippen molar-refractivity contribution < 1.29 is 19.1 Å². The van der Waals surface area contributed by atoms with Gasteiger partial charge < -0.3 is 14.5 Å². The van der Waals surface area contributed by atoms with Crippen molar-refractivity contribution in [3.05, 3.63) is 65.9 Å². The molecule has 1 unspecified atom stereocenters. The van der Waals surface area contributed by atoms with Gasteiger partial charge in [-0.2, -0.15) is 0 Å². The van der Waals surface area contributed by atoms with Crippen molar-refractivity contribution in [1.29, 1.82) is 0 Å². The van der Waals surface area contributed by atoms with Crippen molar-refractivity contribution in [3.8, 4) is 5.75 Å². The van der Waals surface area contributed by atoms with Gasteiger partial charge in [0.25, 0.3) is 0 Å². The van der Waals surface area contributed by atoms with E-state index in [2.05, 4.69) is 4.98 Å². The third-order valence-corrected chi connectivity index (χ3v) is 4.31. The third kappa shape index (κ3) is 3.94. The van der Waals surface area contributed by atoms with E-state index in [1.807, 2.05) is 48.5 Å². The van der Waals surface area contributed by atoms with Crippen molar-refractivity contribution in [1.82, 2.24) is 4.98 Å². The number of benzene rings is 2. The molecule has 0 aliphatic rings. The zero-order valence-electron chi connectivity index (χ0n) is 14.8. The Kier molecular flexibility index (Phi) is 5.37. The highest BCUT2D eigenvalue weighted by molar-refractivity contribution is 6.10. The molecular weight excluding hydrogens is 330 g/mol. The van der Waals surface area contributed by atoms with E-state index in [-0.39, 0.29) is 18.2 Å². The summed E-state index contributed by atoms with van der Waals surface area (Å²) in [6.07, 6.45) is 1.61. The average Bonchev–Trinajstić information content (AvgIpc) is 3.10. The number of aromatic amines is 1. The van der Waals surface area contributed by atoms with Crippen molar-refractivity contribution in [2.45, 2.75) is 25.9 Å². The van der Waals surface area contributed by atoms with Crippen LogP contribution in [0.5, 0.6) is 5.75 Å². The lowest BCUT2D eigenvalue weighted by atomic mass is 10.1. The van der Waals surface area contributed by atoms with Crippen LogP contribution < -0.4 is 4.74 Å². The maximum atomic E-state index is 12.6. The lowest BCUT2D eigenvalue weighted by molar-refractivity contribution is -0.146. The zero-order valence-corrected chi connectivity index (χ0v) is 14.8. The van der Waals surface area contributed by atoms with Gasteiger partial charge in [0.1, 0.15) is 5.75 Å². The molecule has 0 radical (unpaired) electrons. The minimum atomic E-state index is -0.822. The number of esters is 1. The maximum absolute atomic E-state index is 12.6. The minimum absolute atomic E-state index is 0.208. The molecule has 0 amide bonds. The number of ether oxygens (including phenoxy) is 2. The molecule has 3 rings (SSSR count). The smallest absolute Gasteiger partial charge is 0.306 e. The second-order valence-corrected chi connectivity index (χ2v) is 6.09. The van der Waals surface area contributed by atoms with Crippen molar-refractivity contribution in [2.75, 3.05) is 7.11 Å². The summed E-state index contributed by atoms with van der Waals surface area (Å²) in [4.78, 5) is 27.7. The highest BCUT2D eigenvalue weighted by atomic mass is 16.5. The number of ketones is 1. The van der Waals surface area contributed by atoms with Gasteiger partial charge in [0.15, 0.2) is 6.10 Å². The van der Waals surface area contributed by atoms with Crippen LogP contribution in [0.1, 0.15) is 29.3 Å². The second-order valence-electron chi connectivity index (χ2n) is 6.09. The molecule has 0 spiro atoms. The summed E-state index contributed by atoms with van der Waals surface area (Å²) < 4.78 is 10.4. The van der Waals surface area contributed by atoms with Gasteiger partial charge in [-0.25, -0.2) is 0 Å². The number of Topliss-reactive ketones (excluding diaryl/α,β-unsaturated/α-hetero) is 1. The summed E-state index contributed by atoms with van der Waals surface area (Å²) in [5.74, 6) is 0.177. The summed E-state index contributed by atoms with van der Waals surface area (Å²) >= 11 is 0. The lowest BCUT2D eigenvalue weighted by Gasteiger charge is -2.12. The highest BCUT2D eigenvalue weighted by Crippen LogP contribution is 2.20. The van der Waals surface area contributed by atoms with Crippen LogP contribution in [0.4, 0.5) is 0 Å². The van der Waals surface area contributed by atoms with E-state index in [1.54, 1.807) is 20.2 Å².